The molecule has 1 fully saturated rings. The Balaban J connectivity index is 2.28. The quantitative estimate of drug-likeness (QED) is 0.728. The molecule has 0 aromatic carbocycles. The zero-order valence-electron chi connectivity index (χ0n) is 9.80. The van der Waals surface area contributed by atoms with Gasteiger partial charge < -0.3 is 15.2 Å². The van der Waals surface area contributed by atoms with E-state index in [1.807, 2.05) is 20.8 Å². The van der Waals surface area contributed by atoms with E-state index >= 15 is 0 Å². The first kappa shape index (κ1) is 12.5. The predicted octanol–water partition coefficient (Wildman–Crippen LogP) is 0.690. The van der Waals surface area contributed by atoms with Crippen LogP contribution in [-0.2, 0) is 9.53 Å². The van der Waals surface area contributed by atoms with E-state index in [-0.39, 0.29) is 11.3 Å². The van der Waals surface area contributed by atoms with Crippen LogP contribution in [0, 0.1) is 5.41 Å². The molecule has 0 saturated carbocycles. The summed E-state index contributed by atoms with van der Waals surface area (Å²) < 4.78 is 5.09. The Kier molecular flexibility index (Phi) is 3.73. The van der Waals surface area contributed by atoms with Crippen LogP contribution < -0.4 is 5.32 Å². The fourth-order valence-electron chi connectivity index (χ4n) is 1.54. The van der Waals surface area contributed by atoms with Crippen molar-refractivity contribution in [3.05, 3.63) is 0 Å². The van der Waals surface area contributed by atoms with E-state index in [4.69, 9.17) is 4.74 Å². The minimum atomic E-state index is -0.854. The third kappa shape index (κ3) is 4.62. The lowest BCUT2D eigenvalue weighted by Crippen LogP contribution is -2.44. The maximum absolute atomic E-state index is 11.5. The van der Waals surface area contributed by atoms with Crippen molar-refractivity contribution in [2.75, 3.05) is 19.8 Å². The molecule has 1 amide bonds. The maximum atomic E-state index is 11.5. The zero-order chi connectivity index (χ0) is 11.5. The standard InChI is InChI=1S/C11H21NO3/c1-10(2,3)6-9(13)12-7-11(14)4-5-15-8-11/h14H,4-8H2,1-3H3,(H,12,13). The fourth-order valence-corrected chi connectivity index (χ4v) is 1.54. The van der Waals surface area contributed by atoms with Crippen LogP contribution in [-0.4, -0.2) is 36.4 Å². The average Bonchev–Trinajstić information content (AvgIpc) is 2.47. The van der Waals surface area contributed by atoms with Crippen LogP contribution in [0.15, 0.2) is 0 Å². The first-order chi connectivity index (χ1) is 6.81. The molecule has 88 valence electrons. The molecule has 1 atom stereocenters. The van der Waals surface area contributed by atoms with Crippen molar-refractivity contribution < 1.29 is 14.6 Å². The van der Waals surface area contributed by atoms with E-state index in [0.29, 0.717) is 32.6 Å². The third-order valence-corrected chi connectivity index (χ3v) is 2.39. The van der Waals surface area contributed by atoms with Gasteiger partial charge in [0.15, 0.2) is 0 Å². The topological polar surface area (TPSA) is 58.6 Å². The van der Waals surface area contributed by atoms with Gasteiger partial charge in [0.25, 0.3) is 0 Å². The van der Waals surface area contributed by atoms with E-state index in [9.17, 15) is 9.90 Å². The maximum Gasteiger partial charge on any atom is 0.220 e. The van der Waals surface area contributed by atoms with E-state index in [0.717, 1.165) is 0 Å². The van der Waals surface area contributed by atoms with Crippen molar-refractivity contribution in [3.63, 3.8) is 0 Å². The number of aliphatic hydroxyl groups is 1. The minimum Gasteiger partial charge on any atom is -0.386 e. The molecule has 1 saturated heterocycles. The van der Waals surface area contributed by atoms with E-state index in [1.165, 1.54) is 0 Å². The van der Waals surface area contributed by atoms with E-state index in [1.54, 1.807) is 0 Å². The number of carbonyl (C=O) groups is 1. The summed E-state index contributed by atoms with van der Waals surface area (Å²) in [5.41, 5.74) is -0.869. The summed E-state index contributed by atoms with van der Waals surface area (Å²) >= 11 is 0. The van der Waals surface area contributed by atoms with Gasteiger partial charge in [0.05, 0.1) is 6.61 Å². The number of rotatable bonds is 3. The van der Waals surface area contributed by atoms with Gasteiger partial charge in [0, 0.05) is 26.0 Å². The Morgan fingerprint density at radius 3 is 2.67 bits per heavy atom. The SMILES string of the molecule is CC(C)(C)CC(=O)NCC1(O)CCOC1. The normalized spacial score (nSPS) is 26.7. The molecule has 4 heteroatoms. The van der Waals surface area contributed by atoms with Crippen LogP contribution >= 0.6 is 0 Å². The number of nitrogens with one attached hydrogen (secondary N) is 1. The lowest BCUT2D eigenvalue weighted by molar-refractivity contribution is -0.124. The molecule has 4 nitrogen and oxygen atoms in total. The fraction of sp³-hybridized carbons (Fsp3) is 0.909. The molecule has 0 bridgehead atoms. The second-order valence-corrected chi connectivity index (χ2v) is 5.54. The molecular formula is C11H21NO3. The molecular weight excluding hydrogens is 194 g/mol. The largest absolute Gasteiger partial charge is 0.386 e. The summed E-state index contributed by atoms with van der Waals surface area (Å²) in [6, 6.07) is 0. The molecule has 2 N–H and O–H groups in total. The Bertz CT molecular complexity index is 226. The smallest absolute Gasteiger partial charge is 0.220 e. The molecule has 0 aromatic rings. The molecule has 0 radical (unpaired) electrons. The van der Waals surface area contributed by atoms with E-state index < -0.39 is 5.60 Å². The summed E-state index contributed by atoms with van der Waals surface area (Å²) in [5.74, 6) is -0.0113. The highest BCUT2D eigenvalue weighted by molar-refractivity contribution is 5.76. The van der Waals surface area contributed by atoms with Gasteiger partial charge >= 0.3 is 0 Å². The minimum absolute atomic E-state index is 0.0113. The Hall–Kier alpha value is -0.610. The Labute approximate surface area is 91.0 Å². The molecule has 0 aromatic heterocycles. The van der Waals surface area contributed by atoms with Crippen LogP contribution in [0.4, 0.5) is 0 Å². The Morgan fingerprint density at radius 1 is 1.53 bits per heavy atom. The molecule has 1 aliphatic heterocycles. The second kappa shape index (κ2) is 4.49. The first-order valence-corrected chi connectivity index (χ1v) is 5.38. The summed E-state index contributed by atoms with van der Waals surface area (Å²) in [6.45, 7) is 7.23. The van der Waals surface area contributed by atoms with Crippen LogP contribution in [0.2, 0.25) is 0 Å². The summed E-state index contributed by atoms with van der Waals surface area (Å²) in [5, 5.41) is 12.7. The van der Waals surface area contributed by atoms with Crippen LogP contribution in [0.25, 0.3) is 0 Å². The zero-order valence-corrected chi connectivity index (χ0v) is 9.80. The number of amides is 1. The highest BCUT2D eigenvalue weighted by atomic mass is 16.5. The Morgan fingerprint density at radius 2 is 2.20 bits per heavy atom. The van der Waals surface area contributed by atoms with E-state index in [2.05, 4.69) is 5.32 Å². The van der Waals surface area contributed by atoms with Gasteiger partial charge in [-0.05, 0) is 5.41 Å². The van der Waals surface area contributed by atoms with Gasteiger partial charge in [0.2, 0.25) is 5.91 Å². The predicted molar refractivity (Wildman–Crippen MR) is 57.5 cm³/mol. The van der Waals surface area contributed by atoms with Crippen molar-refractivity contribution in [3.8, 4) is 0 Å². The highest BCUT2D eigenvalue weighted by Crippen LogP contribution is 2.19. The second-order valence-electron chi connectivity index (χ2n) is 5.54. The first-order valence-electron chi connectivity index (χ1n) is 5.38. The highest BCUT2D eigenvalue weighted by Gasteiger charge is 2.32. The summed E-state index contributed by atoms with van der Waals surface area (Å²) in [7, 11) is 0. The third-order valence-electron chi connectivity index (χ3n) is 2.39. The number of hydrogen-bond acceptors (Lipinski definition) is 3. The van der Waals surface area contributed by atoms with Gasteiger partial charge in [-0.2, -0.15) is 0 Å². The lowest BCUT2D eigenvalue weighted by atomic mass is 9.92. The molecule has 15 heavy (non-hydrogen) atoms. The van der Waals surface area contributed by atoms with Crippen molar-refractivity contribution in [2.45, 2.75) is 39.2 Å². The molecule has 0 spiro atoms. The summed E-state index contributed by atoms with van der Waals surface area (Å²) in [6.07, 6.45) is 1.08. The molecule has 1 rings (SSSR count). The van der Waals surface area contributed by atoms with Crippen molar-refractivity contribution in [1.29, 1.82) is 0 Å². The van der Waals surface area contributed by atoms with Crippen molar-refractivity contribution >= 4 is 5.91 Å². The van der Waals surface area contributed by atoms with Gasteiger partial charge in [-0.15, -0.1) is 0 Å². The van der Waals surface area contributed by atoms with Gasteiger partial charge in [-0.1, -0.05) is 20.8 Å². The number of carbonyl (C=O) groups excluding carboxylic acids is 1. The summed E-state index contributed by atoms with van der Waals surface area (Å²) in [4.78, 5) is 11.5. The number of ether oxygens (including phenoxy) is 1. The molecule has 1 heterocycles. The molecule has 1 aliphatic rings. The van der Waals surface area contributed by atoms with Crippen LogP contribution in [0.5, 0.6) is 0 Å². The number of hydrogen-bond donors (Lipinski definition) is 2. The van der Waals surface area contributed by atoms with Crippen molar-refractivity contribution in [2.24, 2.45) is 5.41 Å². The monoisotopic (exact) mass is 215 g/mol. The van der Waals surface area contributed by atoms with Crippen molar-refractivity contribution in [1.82, 2.24) is 5.32 Å². The van der Waals surface area contributed by atoms with Gasteiger partial charge in [0.1, 0.15) is 5.60 Å². The van der Waals surface area contributed by atoms with Crippen LogP contribution in [0.1, 0.15) is 33.6 Å². The van der Waals surface area contributed by atoms with Crippen LogP contribution in [0.3, 0.4) is 0 Å². The van der Waals surface area contributed by atoms with Gasteiger partial charge in [-0.25, -0.2) is 0 Å². The average molecular weight is 215 g/mol. The molecule has 0 aliphatic carbocycles. The van der Waals surface area contributed by atoms with Gasteiger partial charge in [-0.3, -0.25) is 4.79 Å². The molecule has 1 unspecified atom stereocenters. The lowest BCUT2D eigenvalue weighted by Gasteiger charge is -2.22.